The monoisotopic (exact) mass is 344 g/mol. The third-order valence-electron chi connectivity index (χ3n) is 3.70. The van der Waals surface area contributed by atoms with Gasteiger partial charge in [-0.2, -0.15) is 0 Å². The predicted molar refractivity (Wildman–Crippen MR) is 79.3 cm³/mol. The molecule has 2 rings (SSSR count). The maximum absolute atomic E-state index is 11.0. The van der Waals surface area contributed by atoms with E-state index in [-0.39, 0.29) is 22.8 Å². The van der Waals surface area contributed by atoms with Crippen molar-refractivity contribution in [2.24, 2.45) is 0 Å². The number of aldehydes is 1. The quantitative estimate of drug-likeness (QED) is 0.464. The lowest BCUT2D eigenvalue weighted by atomic mass is 9.99. The van der Waals surface area contributed by atoms with Gasteiger partial charge in [0.1, 0.15) is 30.7 Å². The lowest BCUT2D eigenvalue weighted by molar-refractivity contribution is -0.277. The highest BCUT2D eigenvalue weighted by Crippen LogP contribution is 2.40. The minimum absolute atomic E-state index is 0.0370. The van der Waals surface area contributed by atoms with Gasteiger partial charge in [0.05, 0.1) is 20.8 Å². The Hall–Kier alpha value is -1.91. The van der Waals surface area contributed by atoms with E-state index in [0.29, 0.717) is 6.29 Å². The Bertz CT molecular complexity index is 549. The smallest absolute Gasteiger partial charge is 0.229 e. The normalized spacial score (nSPS) is 29.8. The molecule has 0 radical (unpaired) electrons. The molecule has 1 fully saturated rings. The molecule has 1 aromatic rings. The van der Waals surface area contributed by atoms with Crippen molar-refractivity contribution in [3.05, 3.63) is 17.7 Å². The topological polar surface area (TPSA) is 135 Å². The molecular weight excluding hydrogens is 324 g/mol. The third kappa shape index (κ3) is 3.45. The number of aliphatic hydroxyl groups excluding tert-OH is 4. The van der Waals surface area contributed by atoms with E-state index in [1.807, 2.05) is 0 Å². The molecule has 9 heteroatoms. The minimum Gasteiger partial charge on any atom is -0.493 e. The largest absolute Gasteiger partial charge is 0.493 e. The fourth-order valence-corrected chi connectivity index (χ4v) is 2.37. The SMILES string of the molecule is COc1cc(C=O)cc(OC)c1O[C@@H]1O[C@H](CO)[C@@H](O)[C@H](O)[C@H]1O. The summed E-state index contributed by atoms with van der Waals surface area (Å²) in [5, 5.41) is 38.8. The molecule has 0 bridgehead atoms. The molecule has 1 aliphatic rings. The van der Waals surface area contributed by atoms with Gasteiger partial charge < -0.3 is 39.4 Å². The zero-order valence-electron chi connectivity index (χ0n) is 13.2. The van der Waals surface area contributed by atoms with Crippen LogP contribution >= 0.6 is 0 Å². The van der Waals surface area contributed by atoms with Crippen molar-refractivity contribution < 1.29 is 44.2 Å². The molecule has 0 spiro atoms. The van der Waals surface area contributed by atoms with Crippen molar-refractivity contribution >= 4 is 6.29 Å². The van der Waals surface area contributed by atoms with Crippen LogP contribution in [0, 0.1) is 0 Å². The van der Waals surface area contributed by atoms with Crippen LogP contribution in [-0.4, -0.2) is 78.2 Å². The minimum atomic E-state index is -1.58. The van der Waals surface area contributed by atoms with Gasteiger partial charge in [0.15, 0.2) is 11.5 Å². The predicted octanol–water partition coefficient (Wildman–Crippen LogP) is -1.31. The number of rotatable bonds is 6. The first-order valence-corrected chi connectivity index (χ1v) is 7.15. The van der Waals surface area contributed by atoms with E-state index < -0.39 is 37.3 Å². The zero-order chi connectivity index (χ0) is 17.9. The fraction of sp³-hybridized carbons (Fsp3) is 0.533. The second kappa shape index (κ2) is 7.77. The van der Waals surface area contributed by atoms with Crippen LogP contribution in [0.15, 0.2) is 12.1 Å². The Labute approximate surface area is 138 Å². The molecule has 1 aromatic carbocycles. The van der Waals surface area contributed by atoms with Crippen LogP contribution in [0.5, 0.6) is 17.2 Å². The molecule has 4 N–H and O–H groups in total. The molecule has 134 valence electrons. The highest BCUT2D eigenvalue weighted by molar-refractivity contribution is 5.78. The summed E-state index contributed by atoms with van der Waals surface area (Å²) >= 11 is 0. The number of carbonyl (C=O) groups excluding carboxylic acids is 1. The number of hydrogen-bond donors (Lipinski definition) is 4. The van der Waals surface area contributed by atoms with Crippen LogP contribution in [0.1, 0.15) is 10.4 Å². The molecule has 24 heavy (non-hydrogen) atoms. The molecular formula is C15H20O9. The van der Waals surface area contributed by atoms with Crippen LogP contribution in [0.25, 0.3) is 0 Å². The Morgan fingerprint density at radius 3 is 2.12 bits per heavy atom. The maximum atomic E-state index is 11.0. The molecule has 1 heterocycles. The molecule has 1 aliphatic heterocycles. The molecule has 0 aliphatic carbocycles. The number of methoxy groups -OCH3 is 2. The van der Waals surface area contributed by atoms with E-state index in [1.54, 1.807) is 0 Å². The summed E-state index contributed by atoms with van der Waals surface area (Å²) in [5.41, 5.74) is 0.282. The molecule has 0 aromatic heterocycles. The first kappa shape index (κ1) is 18.4. The molecule has 0 saturated carbocycles. The van der Waals surface area contributed by atoms with Crippen LogP contribution < -0.4 is 14.2 Å². The Balaban J connectivity index is 2.34. The van der Waals surface area contributed by atoms with Gasteiger partial charge >= 0.3 is 0 Å². The van der Waals surface area contributed by atoms with Crippen molar-refractivity contribution in [3.63, 3.8) is 0 Å². The molecule has 0 amide bonds. The van der Waals surface area contributed by atoms with Crippen LogP contribution in [0.4, 0.5) is 0 Å². The first-order valence-electron chi connectivity index (χ1n) is 7.15. The van der Waals surface area contributed by atoms with Gasteiger partial charge in [0.25, 0.3) is 0 Å². The standard InChI is InChI=1S/C15H20O9/c1-21-8-3-7(5-16)4-9(22-2)14(8)24-15-13(20)12(19)11(18)10(6-17)23-15/h3-5,10-13,15,17-20H,6H2,1-2H3/t10-,11-,12+,13-,15+/m1/s1. The van der Waals surface area contributed by atoms with Gasteiger partial charge in [-0.3, -0.25) is 4.79 Å². The van der Waals surface area contributed by atoms with Crippen molar-refractivity contribution in [2.45, 2.75) is 30.7 Å². The van der Waals surface area contributed by atoms with E-state index in [9.17, 15) is 25.2 Å². The van der Waals surface area contributed by atoms with Gasteiger partial charge in [-0.25, -0.2) is 0 Å². The van der Waals surface area contributed by atoms with Crippen LogP contribution in [0.2, 0.25) is 0 Å². The molecule has 5 atom stereocenters. The summed E-state index contributed by atoms with van der Waals surface area (Å²) in [6.07, 6.45) is -6.56. The Kier molecular flexibility index (Phi) is 5.97. The number of hydrogen-bond acceptors (Lipinski definition) is 9. The van der Waals surface area contributed by atoms with E-state index in [1.165, 1.54) is 26.4 Å². The molecule has 1 saturated heterocycles. The second-order valence-electron chi connectivity index (χ2n) is 5.19. The summed E-state index contributed by atoms with van der Waals surface area (Å²) in [4.78, 5) is 11.0. The van der Waals surface area contributed by atoms with Crippen molar-refractivity contribution in [2.75, 3.05) is 20.8 Å². The van der Waals surface area contributed by atoms with Crippen molar-refractivity contribution in [1.29, 1.82) is 0 Å². The zero-order valence-corrected chi connectivity index (χ0v) is 13.2. The average molecular weight is 344 g/mol. The highest BCUT2D eigenvalue weighted by Gasteiger charge is 2.45. The third-order valence-corrected chi connectivity index (χ3v) is 3.70. The van der Waals surface area contributed by atoms with E-state index in [0.717, 1.165) is 0 Å². The van der Waals surface area contributed by atoms with Gasteiger partial charge in [-0.15, -0.1) is 0 Å². The lowest BCUT2D eigenvalue weighted by Crippen LogP contribution is -2.60. The fourth-order valence-electron chi connectivity index (χ4n) is 2.37. The summed E-state index contributed by atoms with van der Waals surface area (Å²) in [6.45, 7) is -0.580. The lowest BCUT2D eigenvalue weighted by Gasteiger charge is -2.39. The summed E-state index contributed by atoms with van der Waals surface area (Å²) in [7, 11) is 2.70. The highest BCUT2D eigenvalue weighted by atomic mass is 16.7. The number of aliphatic hydroxyl groups is 4. The van der Waals surface area contributed by atoms with E-state index >= 15 is 0 Å². The van der Waals surface area contributed by atoms with Gasteiger partial charge in [-0.05, 0) is 12.1 Å². The Morgan fingerprint density at radius 2 is 1.67 bits per heavy atom. The van der Waals surface area contributed by atoms with Gasteiger partial charge in [0.2, 0.25) is 12.0 Å². The first-order chi connectivity index (χ1) is 11.5. The van der Waals surface area contributed by atoms with Crippen LogP contribution in [-0.2, 0) is 4.74 Å². The number of ether oxygens (including phenoxy) is 4. The van der Waals surface area contributed by atoms with Crippen molar-refractivity contribution in [1.82, 2.24) is 0 Å². The van der Waals surface area contributed by atoms with E-state index in [2.05, 4.69) is 0 Å². The van der Waals surface area contributed by atoms with Gasteiger partial charge in [0, 0.05) is 5.56 Å². The number of carbonyl (C=O) groups is 1. The average Bonchev–Trinajstić information content (AvgIpc) is 2.61. The summed E-state index contributed by atoms with van der Waals surface area (Å²) < 4.78 is 21.1. The Morgan fingerprint density at radius 1 is 1.08 bits per heavy atom. The maximum Gasteiger partial charge on any atom is 0.229 e. The summed E-state index contributed by atoms with van der Waals surface area (Å²) in [6, 6.07) is 2.80. The second-order valence-corrected chi connectivity index (χ2v) is 5.19. The summed E-state index contributed by atoms with van der Waals surface area (Å²) in [5.74, 6) is 0.330. The van der Waals surface area contributed by atoms with Crippen molar-refractivity contribution in [3.8, 4) is 17.2 Å². The van der Waals surface area contributed by atoms with Crippen LogP contribution in [0.3, 0.4) is 0 Å². The molecule has 0 unspecified atom stereocenters. The number of benzene rings is 1. The molecule has 9 nitrogen and oxygen atoms in total. The van der Waals surface area contributed by atoms with E-state index in [4.69, 9.17) is 18.9 Å². The van der Waals surface area contributed by atoms with Gasteiger partial charge in [-0.1, -0.05) is 0 Å².